The van der Waals surface area contributed by atoms with Crippen LogP contribution in [0.25, 0.3) is 32.9 Å². The third-order valence-electron chi connectivity index (χ3n) is 10.5. The van der Waals surface area contributed by atoms with Gasteiger partial charge in [0.1, 0.15) is 28.5 Å². The molecular weight excluding hydrogens is 663 g/mol. The summed E-state index contributed by atoms with van der Waals surface area (Å²) in [4.78, 5) is 26.0. The van der Waals surface area contributed by atoms with Crippen LogP contribution >= 0.6 is 0 Å². The highest BCUT2D eigenvalue weighted by atomic mass is 32.2. The topological polar surface area (TPSA) is 140 Å². The van der Waals surface area contributed by atoms with E-state index in [0.29, 0.717) is 64.9 Å². The molecule has 2 aromatic heterocycles. The lowest BCUT2D eigenvalue weighted by Crippen LogP contribution is -2.50. The summed E-state index contributed by atoms with van der Waals surface area (Å²) in [6.45, 7) is 10.1. The van der Waals surface area contributed by atoms with E-state index < -0.39 is 21.3 Å². The molecule has 1 amide bonds. The van der Waals surface area contributed by atoms with Crippen LogP contribution in [0.5, 0.6) is 5.75 Å². The zero-order valence-electron chi connectivity index (χ0n) is 29.1. The highest BCUT2D eigenvalue weighted by molar-refractivity contribution is 7.91. The number of carbonyl (C=O) groups excluding carboxylic acids is 1. The number of ether oxygens (including phenoxy) is 2. The molecule has 2 bridgehead atoms. The number of piperazine rings is 1. The van der Waals surface area contributed by atoms with Crippen molar-refractivity contribution in [2.45, 2.75) is 108 Å². The Hall–Kier alpha value is -4.04. The molecule has 1 saturated carbocycles. The Balaban J connectivity index is 1.31. The second-order valence-corrected chi connectivity index (χ2v) is 17.3. The average Bonchev–Trinajstić information content (AvgIpc) is 3.52. The minimum absolute atomic E-state index is 0.0908. The molecule has 8 rings (SSSR count). The van der Waals surface area contributed by atoms with Gasteiger partial charge in [-0.25, -0.2) is 32.3 Å². The van der Waals surface area contributed by atoms with Gasteiger partial charge in [0.15, 0.2) is 6.23 Å². The Labute approximate surface area is 290 Å². The molecule has 4 fully saturated rings. The molecule has 5 heterocycles. The van der Waals surface area contributed by atoms with E-state index in [4.69, 9.17) is 9.47 Å². The van der Waals surface area contributed by atoms with Crippen molar-refractivity contribution in [3.8, 4) is 16.9 Å². The number of amides is 1. The SMILES string of the molecule is CCS(=O)(=O)c1nc(N2C[C@@H]3C[C@H]2CN3C(=O)OC(C)(C)C)c2cc(C3CC3)c(-c3c(C)c(F)cc4c3cnn4C3CCCCO3)c(O)c2n1. The number of halogens is 1. The van der Waals surface area contributed by atoms with Crippen molar-refractivity contribution in [1.29, 1.82) is 0 Å². The number of fused-ring (bicyclic) bond motifs is 4. The van der Waals surface area contributed by atoms with Gasteiger partial charge in [-0.1, -0.05) is 6.92 Å². The van der Waals surface area contributed by atoms with E-state index in [2.05, 4.69) is 15.1 Å². The van der Waals surface area contributed by atoms with Gasteiger partial charge in [0.2, 0.25) is 15.0 Å². The molecule has 3 atom stereocenters. The lowest BCUT2D eigenvalue weighted by Gasteiger charge is -2.36. The van der Waals surface area contributed by atoms with Gasteiger partial charge < -0.3 is 24.4 Å². The number of benzene rings is 2. The molecule has 4 aromatic rings. The fourth-order valence-electron chi connectivity index (χ4n) is 7.90. The van der Waals surface area contributed by atoms with Gasteiger partial charge in [-0.3, -0.25) is 0 Å². The largest absolute Gasteiger partial charge is 0.505 e. The predicted molar refractivity (Wildman–Crippen MR) is 186 cm³/mol. The first-order valence-electron chi connectivity index (χ1n) is 17.6. The minimum Gasteiger partial charge on any atom is -0.505 e. The fraction of sp³-hybridized carbons (Fsp3) is 0.556. The molecule has 1 unspecified atom stereocenters. The zero-order valence-corrected chi connectivity index (χ0v) is 29.9. The quantitative estimate of drug-likeness (QED) is 0.225. The molecule has 0 spiro atoms. The first-order chi connectivity index (χ1) is 23.8. The predicted octanol–water partition coefficient (Wildman–Crippen LogP) is 6.37. The maximum Gasteiger partial charge on any atom is 0.410 e. The number of anilines is 1. The minimum atomic E-state index is -3.90. The summed E-state index contributed by atoms with van der Waals surface area (Å²) in [6.07, 6.45) is 6.17. The normalized spacial score (nSPS) is 22.6. The standard InChI is InChI=1S/C36H43FN6O6S/c1-6-50(46,47)34-39-31-24(33(40-34)41-17-22-13-21(41)18-42(22)35(45)49-36(3,4)5)14-23(20-10-11-20)30(32(31)44)29-19(2)26(37)15-27-25(29)16-38-43(27)28-9-7-8-12-48-28/h14-16,20-22,28,44H,6-13,17-18H2,1-5H3/t21-,22-,28?/m0/s1. The van der Waals surface area contributed by atoms with Crippen LogP contribution in [-0.2, 0) is 19.3 Å². The van der Waals surface area contributed by atoms with Crippen molar-refractivity contribution >= 4 is 43.6 Å². The van der Waals surface area contributed by atoms with Gasteiger partial charge in [0.05, 0.1) is 29.6 Å². The van der Waals surface area contributed by atoms with Crippen molar-refractivity contribution in [2.75, 3.05) is 30.3 Å². The highest BCUT2D eigenvalue weighted by Gasteiger charge is 2.48. The number of phenolic OH excluding ortho intramolecular Hbond substituents is 1. The summed E-state index contributed by atoms with van der Waals surface area (Å²) < 4.78 is 56.0. The molecule has 2 aromatic carbocycles. The molecule has 0 radical (unpaired) electrons. The number of phenols is 1. The number of aromatic hydroxyl groups is 1. The number of likely N-dealkylation sites (tertiary alicyclic amines) is 1. The Kier molecular flexibility index (Phi) is 7.79. The van der Waals surface area contributed by atoms with Crippen LogP contribution in [0, 0.1) is 12.7 Å². The summed E-state index contributed by atoms with van der Waals surface area (Å²) in [5, 5.41) is 17.8. The molecule has 50 heavy (non-hydrogen) atoms. The van der Waals surface area contributed by atoms with Crippen LogP contribution in [-0.4, -0.2) is 87.4 Å². The summed E-state index contributed by atoms with van der Waals surface area (Å²) in [6, 6.07) is 3.16. The smallest absolute Gasteiger partial charge is 0.410 e. The Morgan fingerprint density at radius 2 is 1.86 bits per heavy atom. The third-order valence-corrected chi connectivity index (χ3v) is 12.0. The molecule has 4 aliphatic rings. The number of hydrogen-bond donors (Lipinski definition) is 1. The number of rotatable bonds is 6. The number of aromatic nitrogens is 4. The third kappa shape index (κ3) is 5.45. The van der Waals surface area contributed by atoms with Gasteiger partial charge in [-0.2, -0.15) is 5.10 Å². The molecule has 14 heteroatoms. The maximum absolute atomic E-state index is 15.9. The molecular formula is C36H43FN6O6S. The summed E-state index contributed by atoms with van der Waals surface area (Å²) in [7, 11) is -3.90. The zero-order chi connectivity index (χ0) is 35.3. The maximum atomic E-state index is 15.9. The molecule has 266 valence electrons. The van der Waals surface area contributed by atoms with E-state index in [1.165, 1.54) is 13.0 Å². The summed E-state index contributed by atoms with van der Waals surface area (Å²) >= 11 is 0. The van der Waals surface area contributed by atoms with E-state index in [-0.39, 0.29) is 52.5 Å². The highest BCUT2D eigenvalue weighted by Crippen LogP contribution is 2.53. The van der Waals surface area contributed by atoms with Gasteiger partial charge in [-0.15, -0.1) is 0 Å². The van der Waals surface area contributed by atoms with Crippen molar-refractivity contribution in [1.82, 2.24) is 24.6 Å². The lowest BCUT2D eigenvalue weighted by molar-refractivity contribution is -0.0366. The van der Waals surface area contributed by atoms with Crippen molar-refractivity contribution in [3.05, 3.63) is 35.3 Å². The van der Waals surface area contributed by atoms with Gasteiger partial charge in [0, 0.05) is 47.7 Å². The molecule has 3 aliphatic heterocycles. The lowest BCUT2D eigenvalue weighted by atomic mass is 9.88. The van der Waals surface area contributed by atoms with Gasteiger partial charge in [0.25, 0.3) is 0 Å². The second kappa shape index (κ2) is 11.8. The van der Waals surface area contributed by atoms with E-state index in [1.807, 2.05) is 31.7 Å². The fourth-order valence-corrected chi connectivity index (χ4v) is 8.61. The molecule has 1 aliphatic carbocycles. The van der Waals surface area contributed by atoms with E-state index in [9.17, 15) is 18.3 Å². The first-order valence-corrected chi connectivity index (χ1v) is 19.3. The molecule has 3 saturated heterocycles. The van der Waals surface area contributed by atoms with Crippen LogP contribution in [0.3, 0.4) is 0 Å². The number of sulfone groups is 1. The van der Waals surface area contributed by atoms with Crippen LogP contribution in [0.1, 0.15) is 89.5 Å². The molecule has 12 nitrogen and oxygen atoms in total. The van der Waals surface area contributed by atoms with Crippen LogP contribution in [0.2, 0.25) is 0 Å². The van der Waals surface area contributed by atoms with E-state index >= 15 is 4.39 Å². The van der Waals surface area contributed by atoms with E-state index in [0.717, 1.165) is 37.7 Å². The second-order valence-electron chi connectivity index (χ2n) is 15.1. The molecule has 1 N–H and O–H groups in total. The Morgan fingerprint density at radius 1 is 1.08 bits per heavy atom. The van der Waals surface area contributed by atoms with Crippen LogP contribution in [0.4, 0.5) is 15.0 Å². The number of nitrogens with zero attached hydrogens (tertiary/aromatic N) is 6. The average molecular weight is 707 g/mol. The first kappa shape index (κ1) is 33.1. The Morgan fingerprint density at radius 3 is 2.50 bits per heavy atom. The number of hydrogen-bond acceptors (Lipinski definition) is 10. The summed E-state index contributed by atoms with van der Waals surface area (Å²) in [5.41, 5.74) is 2.17. The summed E-state index contributed by atoms with van der Waals surface area (Å²) in [5.74, 6) is -0.357. The van der Waals surface area contributed by atoms with E-state index in [1.54, 1.807) is 22.7 Å². The Bertz CT molecular complexity index is 2150. The monoisotopic (exact) mass is 706 g/mol. The van der Waals surface area contributed by atoms with Crippen molar-refractivity contribution < 1.29 is 32.2 Å². The van der Waals surface area contributed by atoms with Crippen molar-refractivity contribution in [3.63, 3.8) is 0 Å². The van der Waals surface area contributed by atoms with Gasteiger partial charge >= 0.3 is 6.09 Å². The van der Waals surface area contributed by atoms with Crippen molar-refractivity contribution in [2.24, 2.45) is 0 Å². The van der Waals surface area contributed by atoms with Gasteiger partial charge in [-0.05, 0) is 89.3 Å². The van der Waals surface area contributed by atoms with Crippen LogP contribution in [0.15, 0.2) is 23.5 Å². The van der Waals surface area contributed by atoms with Crippen LogP contribution < -0.4 is 4.90 Å². The number of carbonyl (C=O) groups is 1.